The Hall–Kier alpha value is -2.60. The molecule has 1 spiro atoms. The standard InChI is InChI=1S/C25H30N4OS/c1-5-31-23-22(20-9-8-18(3)19(4)16-20)27-25(28-23)12-14-29(15-13-25)24(30)26-21-10-6-17(2)7-11-21/h6-11,16H,5,12-15H2,1-4H3,(H,26,30). The fraction of sp³-hybridized carbons (Fsp3) is 0.400. The van der Waals surface area contributed by atoms with Crippen LogP contribution in [-0.2, 0) is 0 Å². The van der Waals surface area contributed by atoms with E-state index in [1.807, 2.05) is 36.1 Å². The maximum absolute atomic E-state index is 12.7. The monoisotopic (exact) mass is 434 g/mol. The number of hydrogen-bond donors (Lipinski definition) is 1. The first-order valence-electron chi connectivity index (χ1n) is 10.9. The molecule has 0 radical (unpaired) electrons. The quantitative estimate of drug-likeness (QED) is 0.684. The van der Waals surface area contributed by atoms with Crippen LogP contribution in [0.15, 0.2) is 52.4 Å². The van der Waals surface area contributed by atoms with Gasteiger partial charge in [0.05, 0.1) is 5.71 Å². The number of nitrogens with one attached hydrogen (secondary N) is 1. The van der Waals surface area contributed by atoms with Gasteiger partial charge < -0.3 is 10.2 Å². The number of aliphatic imine (C=N–C) groups is 2. The molecule has 1 fully saturated rings. The van der Waals surface area contributed by atoms with Gasteiger partial charge in [-0.3, -0.25) is 4.99 Å². The highest BCUT2D eigenvalue weighted by molar-refractivity contribution is 8.15. The summed E-state index contributed by atoms with van der Waals surface area (Å²) in [4.78, 5) is 24.8. The van der Waals surface area contributed by atoms with E-state index < -0.39 is 5.66 Å². The number of carbonyl (C=O) groups excluding carboxylic acids is 1. The van der Waals surface area contributed by atoms with E-state index >= 15 is 0 Å². The Labute approximate surface area is 189 Å². The van der Waals surface area contributed by atoms with Crippen molar-refractivity contribution in [3.8, 4) is 0 Å². The van der Waals surface area contributed by atoms with Crippen molar-refractivity contribution >= 4 is 34.2 Å². The second-order valence-electron chi connectivity index (χ2n) is 8.38. The SMILES string of the molecule is CCSC1=NC2(CCN(C(=O)Nc3ccc(C)cc3)CC2)N=C1c1ccc(C)c(C)c1. The molecule has 2 amide bonds. The minimum Gasteiger partial charge on any atom is -0.324 e. The average molecular weight is 435 g/mol. The molecule has 6 heteroatoms. The minimum atomic E-state index is -0.438. The third-order valence-electron chi connectivity index (χ3n) is 6.05. The molecule has 2 aliphatic rings. The van der Waals surface area contributed by atoms with Gasteiger partial charge >= 0.3 is 6.03 Å². The van der Waals surface area contributed by atoms with Crippen LogP contribution in [0.3, 0.4) is 0 Å². The maximum atomic E-state index is 12.7. The van der Waals surface area contributed by atoms with Gasteiger partial charge in [-0.15, -0.1) is 11.8 Å². The van der Waals surface area contributed by atoms with Crippen molar-refractivity contribution in [3.63, 3.8) is 0 Å². The molecule has 0 aliphatic carbocycles. The van der Waals surface area contributed by atoms with E-state index in [2.05, 4.69) is 44.3 Å². The number of likely N-dealkylation sites (tertiary alicyclic amines) is 1. The fourth-order valence-electron chi connectivity index (χ4n) is 3.97. The van der Waals surface area contributed by atoms with Crippen LogP contribution in [0, 0.1) is 20.8 Å². The van der Waals surface area contributed by atoms with Gasteiger partial charge in [0, 0.05) is 37.2 Å². The van der Waals surface area contributed by atoms with E-state index in [4.69, 9.17) is 9.98 Å². The molecule has 0 unspecified atom stereocenters. The molecule has 0 atom stereocenters. The maximum Gasteiger partial charge on any atom is 0.321 e. The van der Waals surface area contributed by atoms with Crippen LogP contribution in [0.4, 0.5) is 10.5 Å². The molecule has 162 valence electrons. The number of nitrogens with zero attached hydrogens (tertiary/aromatic N) is 3. The molecule has 2 aliphatic heterocycles. The number of carbonyl (C=O) groups is 1. The van der Waals surface area contributed by atoms with Gasteiger partial charge in [-0.2, -0.15) is 0 Å². The third kappa shape index (κ3) is 4.69. The zero-order valence-electron chi connectivity index (χ0n) is 18.7. The van der Waals surface area contributed by atoms with Crippen LogP contribution in [-0.4, -0.2) is 46.2 Å². The van der Waals surface area contributed by atoms with Crippen LogP contribution >= 0.6 is 11.8 Å². The number of rotatable bonds is 3. The van der Waals surface area contributed by atoms with E-state index in [0.717, 1.165) is 40.6 Å². The smallest absolute Gasteiger partial charge is 0.321 e. The number of aryl methyl sites for hydroxylation is 3. The van der Waals surface area contributed by atoms with Crippen molar-refractivity contribution in [2.45, 2.75) is 46.2 Å². The second kappa shape index (κ2) is 8.87. The number of urea groups is 1. The van der Waals surface area contributed by atoms with Crippen LogP contribution in [0.1, 0.15) is 42.0 Å². The van der Waals surface area contributed by atoms with E-state index in [1.54, 1.807) is 11.8 Å². The molecule has 0 bridgehead atoms. The second-order valence-corrected chi connectivity index (χ2v) is 9.63. The number of amides is 2. The Morgan fingerprint density at radius 1 is 1.03 bits per heavy atom. The number of piperidine rings is 1. The molecular weight excluding hydrogens is 404 g/mol. The molecule has 31 heavy (non-hydrogen) atoms. The number of hydrogen-bond acceptors (Lipinski definition) is 4. The van der Waals surface area contributed by atoms with Crippen LogP contribution in [0.25, 0.3) is 0 Å². The summed E-state index contributed by atoms with van der Waals surface area (Å²) in [7, 11) is 0. The number of benzene rings is 2. The lowest BCUT2D eigenvalue weighted by Crippen LogP contribution is -2.46. The Bertz CT molecular complexity index is 1030. The van der Waals surface area contributed by atoms with Crippen molar-refractivity contribution in [1.82, 2.24) is 4.90 Å². The van der Waals surface area contributed by atoms with E-state index in [1.165, 1.54) is 16.7 Å². The largest absolute Gasteiger partial charge is 0.324 e. The highest BCUT2D eigenvalue weighted by Crippen LogP contribution is 2.36. The summed E-state index contributed by atoms with van der Waals surface area (Å²) in [5, 5.41) is 4.04. The highest BCUT2D eigenvalue weighted by atomic mass is 32.2. The predicted molar refractivity (Wildman–Crippen MR) is 132 cm³/mol. The molecule has 0 saturated carbocycles. The van der Waals surface area contributed by atoms with Gasteiger partial charge in [-0.25, -0.2) is 9.79 Å². The first kappa shape index (κ1) is 21.6. The molecule has 1 N–H and O–H groups in total. The molecular formula is C25H30N4OS. The zero-order chi connectivity index (χ0) is 22.0. The Balaban J connectivity index is 1.48. The number of anilines is 1. The van der Waals surface area contributed by atoms with E-state index in [9.17, 15) is 4.79 Å². The van der Waals surface area contributed by atoms with Crippen molar-refractivity contribution in [1.29, 1.82) is 0 Å². The Kier molecular flexibility index (Phi) is 6.19. The summed E-state index contributed by atoms with van der Waals surface area (Å²) < 4.78 is 0. The zero-order valence-corrected chi connectivity index (χ0v) is 19.6. The van der Waals surface area contributed by atoms with Gasteiger partial charge in [0.1, 0.15) is 5.04 Å². The van der Waals surface area contributed by atoms with Crippen molar-refractivity contribution < 1.29 is 4.79 Å². The topological polar surface area (TPSA) is 57.1 Å². The third-order valence-corrected chi connectivity index (χ3v) is 6.89. The molecule has 1 saturated heterocycles. The van der Waals surface area contributed by atoms with Crippen molar-refractivity contribution in [3.05, 3.63) is 64.7 Å². The predicted octanol–water partition coefficient (Wildman–Crippen LogP) is 5.59. The normalized spacial score (nSPS) is 17.5. The van der Waals surface area contributed by atoms with Crippen LogP contribution in [0.2, 0.25) is 0 Å². The molecule has 2 aromatic carbocycles. The van der Waals surface area contributed by atoms with E-state index in [0.29, 0.717) is 13.1 Å². The van der Waals surface area contributed by atoms with Gasteiger partial charge in [0.25, 0.3) is 0 Å². The first-order valence-corrected chi connectivity index (χ1v) is 11.9. The lowest BCUT2D eigenvalue weighted by Gasteiger charge is -2.35. The first-order chi connectivity index (χ1) is 14.9. The summed E-state index contributed by atoms with van der Waals surface area (Å²) >= 11 is 1.76. The lowest BCUT2D eigenvalue weighted by molar-refractivity contribution is 0.175. The van der Waals surface area contributed by atoms with Crippen LogP contribution in [0.5, 0.6) is 0 Å². The molecule has 2 aromatic rings. The Morgan fingerprint density at radius 3 is 2.39 bits per heavy atom. The molecule has 2 heterocycles. The highest BCUT2D eigenvalue weighted by Gasteiger charge is 2.40. The molecule has 5 nitrogen and oxygen atoms in total. The summed E-state index contributed by atoms with van der Waals surface area (Å²) in [6, 6.07) is 14.3. The van der Waals surface area contributed by atoms with Crippen molar-refractivity contribution in [2.75, 3.05) is 24.2 Å². The lowest BCUT2D eigenvalue weighted by atomic mass is 9.98. The minimum absolute atomic E-state index is 0.0535. The van der Waals surface area contributed by atoms with E-state index in [-0.39, 0.29) is 6.03 Å². The van der Waals surface area contributed by atoms with Gasteiger partial charge in [0.2, 0.25) is 0 Å². The van der Waals surface area contributed by atoms with Gasteiger partial charge in [0.15, 0.2) is 5.66 Å². The van der Waals surface area contributed by atoms with Crippen LogP contribution < -0.4 is 5.32 Å². The Morgan fingerprint density at radius 2 is 1.74 bits per heavy atom. The summed E-state index contributed by atoms with van der Waals surface area (Å²) in [6.07, 6.45) is 1.49. The summed E-state index contributed by atoms with van der Waals surface area (Å²) in [6.45, 7) is 9.75. The molecule has 0 aromatic heterocycles. The average Bonchev–Trinajstić information content (AvgIpc) is 3.10. The van der Waals surface area contributed by atoms with Gasteiger partial charge in [-0.1, -0.05) is 36.8 Å². The summed E-state index contributed by atoms with van der Waals surface area (Å²) in [5.74, 6) is 0.962. The summed E-state index contributed by atoms with van der Waals surface area (Å²) in [5.41, 5.74) is 6.26. The molecule has 4 rings (SSSR count). The van der Waals surface area contributed by atoms with Crippen molar-refractivity contribution in [2.24, 2.45) is 9.98 Å². The number of thioether (sulfide) groups is 1. The fourth-order valence-corrected chi connectivity index (χ4v) is 4.78. The van der Waals surface area contributed by atoms with Gasteiger partial charge in [-0.05, 0) is 55.9 Å².